The summed E-state index contributed by atoms with van der Waals surface area (Å²) in [5.41, 5.74) is 1.18. The van der Waals surface area contributed by atoms with Crippen LogP contribution in [0, 0.1) is 0 Å². The second-order valence-electron chi connectivity index (χ2n) is 7.51. The van der Waals surface area contributed by atoms with Gasteiger partial charge in [-0.05, 0) is 37.0 Å². The molecule has 8 heteroatoms. The van der Waals surface area contributed by atoms with Gasteiger partial charge < -0.3 is 29.3 Å². The minimum atomic E-state index is 0. The molecule has 2 aromatic rings. The lowest BCUT2D eigenvalue weighted by atomic mass is 10.2. The van der Waals surface area contributed by atoms with Crippen LogP contribution >= 0.6 is 24.0 Å². The van der Waals surface area contributed by atoms with Crippen molar-refractivity contribution in [2.75, 3.05) is 46.1 Å². The average molecular weight is 557 g/mol. The van der Waals surface area contributed by atoms with Gasteiger partial charge in [-0.15, -0.1) is 24.0 Å². The van der Waals surface area contributed by atoms with Gasteiger partial charge in [0.2, 0.25) is 0 Å². The lowest BCUT2D eigenvalue weighted by Gasteiger charge is -2.14. The van der Waals surface area contributed by atoms with Gasteiger partial charge in [-0.2, -0.15) is 0 Å². The summed E-state index contributed by atoms with van der Waals surface area (Å²) in [6, 6.07) is 14.1. The number of furan rings is 1. The van der Waals surface area contributed by atoms with Crippen LogP contribution in [0.25, 0.3) is 0 Å². The second kappa shape index (κ2) is 16.9. The first-order chi connectivity index (χ1) is 15.4. The zero-order valence-corrected chi connectivity index (χ0v) is 21.0. The van der Waals surface area contributed by atoms with Crippen LogP contribution in [0.15, 0.2) is 58.1 Å². The third-order valence-corrected chi connectivity index (χ3v) is 4.96. The van der Waals surface area contributed by atoms with E-state index in [2.05, 4.69) is 27.8 Å². The van der Waals surface area contributed by atoms with Crippen LogP contribution in [0.3, 0.4) is 0 Å². The number of hydrogen-bond donors (Lipinski definition) is 2. The minimum absolute atomic E-state index is 0. The molecule has 0 saturated carbocycles. The van der Waals surface area contributed by atoms with Gasteiger partial charge in [-0.25, -0.2) is 0 Å². The Morgan fingerprint density at radius 3 is 2.62 bits per heavy atom. The number of ether oxygens (including phenoxy) is 3. The van der Waals surface area contributed by atoms with Gasteiger partial charge >= 0.3 is 0 Å². The van der Waals surface area contributed by atoms with E-state index in [1.165, 1.54) is 5.56 Å². The molecule has 1 aliphatic heterocycles. The molecule has 1 atom stereocenters. The Kier molecular flexibility index (Phi) is 14.1. The maximum absolute atomic E-state index is 5.68. The molecule has 0 spiro atoms. The van der Waals surface area contributed by atoms with Gasteiger partial charge in [0.05, 0.1) is 38.7 Å². The van der Waals surface area contributed by atoms with E-state index in [1.54, 1.807) is 6.26 Å². The highest BCUT2D eigenvalue weighted by atomic mass is 127. The molecule has 1 aliphatic rings. The van der Waals surface area contributed by atoms with E-state index in [-0.39, 0.29) is 30.1 Å². The topological polar surface area (TPSA) is 77.2 Å². The number of nitrogens with zero attached hydrogens (tertiary/aromatic N) is 1. The Morgan fingerprint density at radius 1 is 1.00 bits per heavy atom. The average Bonchev–Trinajstić information content (AvgIpc) is 3.51. The summed E-state index contributed by atoms with van der Waals surface area (Å²) in [6.45, 7) is 5.61. The van der Waals surface area contributed by atoms with E-state index >= 15 is 0 Å². The van der Waals surface area contributed by atoms with Gasteiger partial charge in [0.25, 0.3) is 0 Å². The van der Waals surface area contributed by atoms with Crippen molar-refractivity contribution in [2.24, 2.45) is 4.99 Å². The van der Waals surface area contributed by atoms with E-state index in [0.717, 1.165) is 57.1 Å². The highest BCUT2D eigenvalue weighted by molar-refractivity contribution is 14.0. The summed E-state index contributed by atoms with van der Waals surface area (Å²) in [7, 11) is 0. The maximum atomic E-state index is 5.68. The molecule has 1 aromatic carbocycles. The van der Waals surface area contributed by atoms with Crippen molar-refractivity contribution in [3.05, 3.63) is 60.1 Å². The van der Waals surface area contributed by atoms with Crippen molar-refractivity contribution in [1.82, 2.24) is 10.6 Å². The second-order valence-corrected chi connectivity index (χ2v) is 7.51. The van der Waals surface area contributed by atoms with Crippen molar-refractivity contribution in [2.45, 2.75) is 38.4 Å². The van der Waals surface area contributed by atoms with Crippen LogP contribution in [0.2, 0.25) is 0 Å². The van der Waals surface area contributed by atoms with Crippen molar-refractivity contribution in [3.63, 3.8) is 0 Å². The lowest BCUT2D eigenvalue weighted by molar-refractivity contribution is 0.0401. The fraction of sp³-hybridized carbons (Fsp3) is 0.542. The fourth-order valence-electron chi connectivity index (χ4n) is 3.28. The van der Waals surface area contributed by atoms with Crippen molar-refractivity contribution in [1.29, 1.82) is 0 Å². The number of halogens is 1. The van der Waals surface area contributed by atoms with Crippen molar-refractivity contribution in [3.8, 4) is 0 Å². The lowest BCUT2D eigenvalue weighted by Crippen LogP contribution is -2.39. The van der Waals surface area contributed by atoms with Crippen LogP contribution in [-0.2, 0) is 27.2 Å². The molecular formula is C24H36IN3O4. The zero-order valence-electron chi connectivity index (χ0n) is 18.7. The molecule has 0 amide bonds. The monoisotopic (exact) mass is 557 g/mol. The molecule has 1 saturated heterocycles. The molecule has 1 fully saturated rings. The quantitative estimate of drug-likeness (QED) is 0.159. The van der Waals surface area contributed by atoms with Crippen LogP contribution < -0.4 is 10.6 Å². The first kappa shape index (κ1) is 26.6. The van der Waals surface area contributed by atoms with E-state index in [0.29, 0.717) is 33.0 Å². The van der Waals surface area contributed by atoms with E-state index < -0.39 is 0 Å². The number of guanidine groups is 1. The third kappa shape index (κ3) is 11.3. The molecule has 32 heavy (non-hydrogen) atoms. The number of hydrogen-bond acceptors (Lipinski definition) is 5. The number of rotatable bonds is 14. The number of aliphatic imine (C=N–C) groups is 1. The summed E-state index contributed by atoms with van der Waals surface area (Å²) < 4.78 is 22.4. The molecule has 2 N–H and O–H groups in total. The van der Waals surface area contributed by atoms with Crippen LogP contribution in [0.1, 0.15) is 30.6 Å². The van der Waals surface area contributed by atoms with Crippen LogP contribution in [-0.4, -0.2) is 58.1 Å². The van der Waals surface area contributed by atoms with Crippen LogP contribution in [0.5, 0.6) is 0 Å². The van der Waals surface area contributed by atoms with Crippen LogP contribution in [0.4, 0.5) is 0 Å². The molecule has 7 nitrogen and oxygen atoms in total. The molecule has 2 heterocycles. The predicted octanol–water partition coefficient (Wildman–Crippen LogP) is 3.78. The smallest absolute Gasteiger partial charge is 0.191 e. The molecule has 0 bridgehead atoms. The largest absolute Gasteiger partial charge is 0.469 e. The summed E-state index contributed by atoms with van der Waals surface area (Å²) in [5.74, 6) is 1.78. The summed E-state index contributed by atoms with van der Waals surface area (Å²) in [5, 5.41) is 6.77. The first-order valence-electron chi connectivity index (χ1n) is 11.3. The van der Waals surface area contributed by atoms with E-state index in [1.807, 2.05) is 30.3 Å². The van der Waals surface area contributed by atoms with Crippen molar-refractivity contribution < 1.29 is 18.6 Å². The zero-order chi connectivity index (χ0) is 21.4. The molecule has 0 radical (unpaired) electrons. The normalized spacial score (nSPS) is 16.0. The summed E-state index contributed by atoms with van der Waals surface area (Å²) in [6.07, 6.45) is 5.87. The maximum Gasteiger partial charge on any atom is 0.191 e. The van der Waals surface area contributed by atoms with Gasteiger partial charge in [0, 0.05) is 32.7 Å². The fourth-order valence-corrected chi connectivity index (χ4v) is 3.28. The minimum Gasteiger partial charge on any atom is -0.469 e. The van der Waals surface area contributed by atoms with Gasteiger partial charge in [0.15, 0.2) is 5.96 Å². The summed E-state index contributed by atoms with van der Waals surface area (Å²) >= 11 is 0. The molecule has 178 valence electrons. The summed E-state index contributed by atoms with van der Waals surface area (Å²) in [4.78, 5) is 4.69. The van der Waals surface area contributed by atoms with E-state index in [4.69, 9.17) is 18.6 Å². The molecule has 0 aliphatic carbocycles. The Hall–Kier alpha value is -1.62. The van der Waals surface area contributed by atoms with E-state index in [9.17, 15) is 0 Å². The first-order valence-corrected chi connectivity index (χ1v) is 11.3. The molecule has 1 aromatic heterocycles. The predicted molar refractivity (Wildman–Crippen MR) is 137 cm³/mol. The highest BCUT2D eigenvalue weighted by Gasteiger charge is 2.14. The Morgan fingerprint density at radius 2 is 1.84 bits per heavy atom. The highest BCUT2D eigenvalue weighted by Crippen LogP contribution is 2.11. The Balaban J connectivity index is 0.00000363. The SMILES string of the molecule is I.c1ccc(COCCOCCCNC(=NCC2CCCO2)NCCc2ccco2)cc1. The van der Waals surface area contributed by atoms with Crippen molar-refractivity contribution >= 4 is 29.9 Å². The molecule has 3 rings (SSSR count). The Bertz CT molecular complexity index is 722. The van der Waals surface area contributed by atoms with Gasteiger partial charge in [0.1, 0.15) is 5.76 Å². The third-order valence-electron chi connectivity index (χ3n) is 4.96. The molecule has 1 unspecified atom stereocenters. The number of benzene rings is 1. The molecular weight excluding hydrogens is 521 g/mol. The standard InChI is InChI=1S/C24H35N3O4.HI/c1-2-7-21(8-3-1)20-29-18-17-28-14-6-12-25-24(27-19-23-10-5-16-31-23)26-13-11-22-9-4-15-30-22;/h1-4,7-9,15,23H,5-6,10-14,16-20H2,(H2,25,26,27);1H. The van der Waals surface area contributed by atoms with Gasteiger partial charge in [-0.3, -0.25) is 4.99 Å². The Labute approximate surface area is 208 Å². The number of nitrogens with one attached hydrogen (secondary N) is 2. The van der Waals surface area contributed by atoms with Gasteiger partial charge in [-0.1, -0.05) is 30.3 Å².